The summed E-state index contributed by atoms with van der Waals surface area (Å²) in [7, 11) is 1.77. The maximum Gasteiger partial charge on any atom is 0.228 e. The van der Waals surface area contributed by atoms with E-state index in [1.54, 1.807) is 24.5 Å². The van der Waals surface area contributed by atoms with Gasteiger partial charge in [-0.2, -0.15) is 5.10 Å². The molecule has 1 aromatic carbocycles. The van der Waals surface area contributed by atoms with E-state index in [1.165, 1.54) is 0 Å². The molecule has 1 aliphatic heterocycles. The molecule has 0 radical (unpaired) electrons. The van der Waals surface area contributed by atoms with Crippen molar-refractivity contribution in [2.45, 2.75) is 25.7 Å². The van der Waals surface area contributed by atoms with E-state index in [0.717, 1.165) is 36.9 Å². The van der Waals surface area contributed by atoms with Crippen LogP contribution in [0.25, 0.3) is 11.3 Å². The minimum absolute atomic E-state index is 0.131. The molecule has 1 aliphatic carbocycles. The van der Waals surface area contributed by atoms with E-state index >= 15 is 0 Å². The molecular formula is C24H24ClN7O. The summed E-state index contributed by atoms with van der Waals surface area (Å²) in [6.45, 7) is 0. The quantitative estimate of drug-likeness (QED) is 0.518. The van der Waals surface area contributed by atoms with Gasteiger partial charge >= 0.3 is 0 Å². The highest BCUT2D eigenvalue weighted by molar-refractivity contribution is 6.66. The number of nitrogens with zero attached hydrogens (tertiary/aromatic N) is 5. The van der Waals surface area contributed by atoms with Crippen molar-refractivity contribution in [3.63, 3.8) is 0 Å². The van der Waals surface area contributed by atoms with Gasteiger partial charge in [0, 0.05) is 31.3 Å². The molecule has 33 heavy (non-hydrogen) atoms. The third-order valence-electron chi connectivity index (χ3n) is 6.07. The second-order valence-corrected chi connectivity index (χ2v) is 8.47. The number of hydrazone groups is 1. The highest BCUT2D eigenvalue weighted by Gasteiger charge is 2.38. The standard InChI is InChI=1S/C24H24ClN7O/c1-27-24-29-14-12-20(30-24)19-7-4-13-28-23(19)33-16-10-8-15(9-11-16)32-22(26)18-6-3-2-5-17(18)21(25)31-32/h4,7-14,17-18,26H,2-3,5-6H2,1H3,(H,27,29,30). The first kappa shape index (κ1) is 21.3. The maximum atomic E-state index is 8.69. The second-order valence-electron chi connectivity index (χ2n) is 8.08. The van der Waals surface area contributed by atoms with Gasteiger partial charge in [0.05, 0.1) is 16.9 Å². The average molecular weight is 462 g/mol. The van der Waals surface area contributed by atoms with Crippen LogP contribution in [-0.2, 0) is 0 Å². The van der Waals surface area contributed by atoms with Crippen molar-refractivity contribution in [1.29, 1.82) is 5.41 Å². The highest BCUT2D eigenvalue weighted by Crippen LogP contribution is 2.39. The summed E-state index contributed by atoms with van der Waals surface area (Å²) in [6, 6.07) is 13.0. The Balaban J connectivity index is 1.38. The highest BCUT2D eigenvalue weighted by atomic mass is 35.5. The Bertz CT molecular complexity index is 1200. The molecule has 2 N–H and O–H groups in total. The van der Waals surface area contributed by atoms with Crippen LogP contribution in [0.15, 0.2) is 60.0 Å². The first-order valence-corrected chi connectivity index (χ1v) is 11.4. The van der Waals surface area contributed by atoms with Crippen molar-refractivity contribution < 1.29 is 4.74 Å². The molecule has 0 saturated heterocycles. The van der Waals surface area contributed by atoms with Gasteiger partial charge in [-0.05, 0) is 55.3 Å². The van der Waals surface area contributed by atoms with Crippen molar-refractivity contribution in [2.24, 2.45) is 16.9 Å². The van der Waals surface area contributed by atoms with Crippen molar-refractivity contribution in [3.8, 4) is 22.9 Å². The molecule has 2 aliphatic rings. The molecule has 3 aromatic rings. The van der Waals surface area contributed by atoms with E-state index in [1.807, 2.05) is 42.5 Å². The lowest BCUT2D eigenvalue weighted by Crippen LogP contribution is -2.44. The van der Waals surface area contributed by atoms with Crippen molar-refractivity contribution in [2.75, 3.05) is 17.4 Å². The number of nitrogens with one attached hydrogen (secondary N) is 2. The van der Waals surface area contributed by atoms with E-state index < -0.39 is 0 Å². The van der Waals surface area contributed by atoms with Gasteiger partial charge in [0.25, 0.3) is 0 Å². The molecule has 3 heterocycles. The number of pyridine rings is 1. The van der Waals surface area contributed by atoms with Crippen LogP contribution in [0.4, 0.5) is 11.6 Å². The zero-order valence-corrected chi connectivity index (χ0v) is 19.0. The number of amidine groups is 1. The molecule has 2 unspecified atom stereocenters. The van der Waals surface area contributed by atoms with Crippen molar-refractivity contribution in [1.82, 2.24) is 15.0 Å². The Morgan fingerprint density at radius 2 is 1.82 bits per heavy atom. The van der Waals surface area contributed by atoms with Gasteiger partial charge in [-0.15, -0.1) is 0 Å². The molecule has 9 heteroatoms. The second kappa shape index (κ2) is 9.15. The fraction of sp³-hybridized carbons (Fsp3) is 0.292. The number of benzene rings is 1. The van der Waals surface area contributed by atoms with Crippen molar-refractivity contribution in [3.05, 3.63) is 54.9 Å². The molecule has 2 aromatic heterocycles. The Labute approximate surface area is 197 Å². The molecule has 2 atom stereocenters. The van der Waals surface area contributed by atoms with Gasteiger partial charge in [0.15, 0.2) is 0 Å². The summed E-state index contributed by atoms with van der Waals surface area (Å²) in [4.78, 5) is 13.0. The zero-order chi connectivity index (χ0) is 22.8. The normalized spacial score (nSPS) is 20.1. The summed E-state index contributed by atoms with van der Waals surface area (Å²) in [5.41, 5.74) is 2.25. The van der Waals surface area contributed by atoms with E-state index in [0.29, 0.717) is 34.3 Å². The number of aromatic nitrogens is 3. The smallest absolute Gasteiger partial charge is 0.228 e. The lowest BCUT2D eigenvalue weighted by molar-refractivity contribution is 0.368. The molecule has 0 amide bonds. The fourth-order valence-electron chi connectivity index (χ4n) is 4.38. The first-order valence-electron chi connectivity index (χ1n) is 11.0. The van der Waals surface area contributed by atoms with Gasteiger partial charge in [0.1, 0.15) is 16.8 Å². The Hall–Kier alpha value is -3.52. The van der Waals surface area contributed by atoms with Crippen LogP contribution < -0.4 is 15.1 Å². The number of halogens is 1. The Morgan fingerprint density at radius 3 is 2.61 bits per heavy atom. The van der Waals surface area contributed by atoms with Crippen LogP contribution in [0.2, 0.25) is 0 Å². The van der Waals surface area contributed by atoms with E-state index in [2.05, 4.69) is 25.4 Å². The minimum Gasteiger partial charge on any atom is -0.438 e. The molecule has 0 spiro atoms. The predicted octanol–water partition coefficient (Wildman–Crippen LogP) is 5.53. The van der Waals surface area contributed by atoms with Crippen LogP contribution in [0.1, 0.15) is 25.7 Å². The van der Waals surface area contributed by atoms with Crippen molar-refractivity contribution >= 4 is 34.2 Å². The van der Waals surface area contributed by atoms with Gasteiger partial charge in [-0.3, -0.25) is 5.41 Å². The number of anilines is 2. The topological polar surface area (TPSA) is 99.4 Å². The zero-order valence-electron chi connectivity index (χ0n) is 18.2. The fourth-order valence-corrected chi connectivity index (χ4v) is 4.72. The molecule has 8 nitrogen and oxygen atoms in total. The molecule has 5 rings (SSSR count). The summed E-state index contributed by atoms with van der Waals surface area (Å²) >= 11 is 6.50. The SMILES string of the molecule is CNc1nccc(-c2cccnc2Oc2ccc(N3N=C(Cl)C4CCCCC4C3=N)cc2)n1. The summed E-state index contributed by atoms with van der Waals surface area (Å²) in [6.07, 6.45) is 7.63. The molecule has 0 bridgehead atoms. The third kappa shape index (κ3) is 4.26. The van der Waals surface area contributed by atoms with E-state index in [9.17, 15) is 0 Å². The minimum atomic E-state index is 0.131. The van der Waals surface area contributed by atoms with E-state index in [4.69, 9.17) is 21.7 Å². The summed E-state index contributed by atoms with van der Waals surface area (Å²) in [5.74, 6) is 2.41. The Kier molecular flexibility index (Phi) is 5.92. The Morgan fingerprint density at radius 1 is 1.03 bits per heavy atom. The largest absolute Gasteiger partial charge is 0.438 e. The predicted molar refractivity (Wildman–Crippen MR) is 130 cm³/mol. The van der Waals surface area contributed by atoms with Gasteiger partial charge in [-0.25, -0.2) is 20.0 Å². The summed E-state index contributed by atoms with van der Waals surface area (Å²) < 4.78 is 6.09. The van der Waals surface area contributed by atoms with Crippen LogP contribution in [0.3, 0.4) is 0 Å². The molecular weight excluding hydrogens is 438 g/mol. The monoisotopic (exact) mass is 461 g/mol. The van der Waals surface area contributed by atoms with Gasteiger partial charge in [-0.1, -0.05) is 24.4 Å². The molecule has 1 saturated carbocycles. The first-order chi connectivity index (χ1) is 16.1. The third-order valence-corrected chi connectivity index (χ3v) is 6.42. The van der Waals surface area contributed by atoms with Crippen LogP contribution in [-0.4, -0.2) is 33.0 Å². The summed E-state index contributed by atoms with van der Waals surface area (Å²) in [5, 5.41) is 18.4. The average Bonchev–Trinajstić information content (AvgIpc) is 2.87. The lowest BCUT2D eigenvalue weighted by Gasteiger charge is -2.38. The van der Waals surface area contributed by atoms with E-state index in [-0.39, 0.29) is 11.8 Å². The number of rotatable bonds is 5. The number of ether oxygens (including phenoxy) is 1. The van der Waals surface area contributed by atoms with Gasteiger partial charge in [0.2, 0.25) is 11.8 Å². The number of hydrogen-bond acceptors (Lipinski definition) is 7. The number of fused-ring (bicyclic) bond motifs is 1. The molecule has 168 valence electrons. The number of hydrogen-bond donors (Lipinski definition) is 2. The lowest BCUT2D eigenvalue weighted by atomic mass is 9.78. The van der Waals surface area contributed by atoms with Crippen LogP contribution in [0.5, 0.6) is 11.6 Å². The van der Waals surface area contributed by atoms with Crippen LogP contribution in [0, 0.1) is 17.2 Å². The van der Waals surface area contributed by atoms with Crippen LogP contribution >= 0.6 is 11.6 Å². The van der Waals surface area contributed by atoms with Gasteiger partial charge < -0.3 is 10.1 Å². The maximum absolute atomic E-state index is 8.69. The molecule has 1 fully saturated rings.